The molecule has 2 aromatic carbocycles. The van der Waals surface area contributed by atoms with Crippen LogP contribution in [0.1, 0.15) is 29.5 Å². The van der Waals surface area contributed by atoms with Crippen molar-refractivity contribution >= 4 is 16.5 Å². The number of rotatable bonds is 1. The lowest BCUT2D eigenvalue weighted by Gasteiger charge is -2.17. The minimum absolute atomic E-state index is 0.0137. The molecule has 4 nitrogen and oxygen atoms in total. The molecule has 1 saturated carbocycles. The molecule has 1 aliphatic carbocycles. The summed E-state index contributed by atoms with van der Waals surface area (Å²) in [6.07, 6.45) is 7.43. The molecular formula is C24H18F2N2O2. The van der Waals surface area contributed by atoms with E-state index in [2.05, 4.69) is 22.8 Å². The lowest BCUT2D eigenvalue weighted by molar-refractivity contribution is 0.263. The SMILES string of the molecule is C#Cc1c(F)ccc2cc(O)cc(-c3nc4c(c(C)c3F)C(=C)NC3(CC3)CO4)c12. The number of hydrogen-bond acceptors (Lipinski definition) is 4. The molecule has 150 valence electrons. The minimum atomic E-state index is -0.605. The number of pyridine rings is 1. The molecule has 0 saturated heterocycles. The van der Waals surface area contributed by atoms with Gasteiger partial charge < -0.3 is 15.2 Å². The van der Waals surface area contributed by atoms with Crippen LogP contribution >= 0.6 is 0 Å². The van der Waals surface area contributed by atoms with Crippen LogP contribution in [0.4, 0.5) is 8.78 Å². The maximum Gasteiger partial charge on any atom is 0.223 e. The van der Waals surface area contributed by atoms with Crippen molar-refractivity contribution in [3.05, 3.63) is 59.2 Å². The number of halogens is 2. The highest BCUT2D eigenvalue weighted by molar-refractivity contribution is 6.01. The first-order valence-corrected chi connectivity index (χ1v) is 9.56. The predicted octanol–water partition coefficient (Wildman–Crippen LogP) is 4.66. The average Bonchev–Trinajstić information content (AvgIpc) is 3.49. The molecular weight excluding hydrogens is 386 g/mol. The second-order valence-corrected chi connectivity index (χ2v) is 7.91. The predicted molar refractivity (Wildman–Crippen MR) is 111 cm³/mol. The standard InChI is InChI=1S/C24H18F2N2O2/c1-4-16-18(25)6-5-14-9-15(29)10-17(20(14)16)22-21(26)12(2)19-13(3)28-24(7-8-24)11-30-23(19)27-22/h1,5-6,9-10,28-29H,3,7-8,11H2,2H3. The van der Waals surface area contributed by atoms with Crippen LogP contribution in [-0.2, 0) is 0 Å². The average molecular weight is 404 g/mol. The minimum Gasteiger partial charge on any atom is -0.508 e. The van der Waals surface area contributed by atoms with Gasteiger partial charge in [-0.2, -0.15) is 0 Å². The highest BCUT2D eigenvalue weighted by Crippen LogP contribution is 2.44. The number of aromatic hydroxyl groups is 1. The van der Waals surface area contributed by atoms with Crippen molar-refractivity contribution in [3.8, 4) is 35.2 Å². The Morgan fingerprint density at radius 1 is 1.30 bits per heavy atom. The van der Waals surface area contributed by atoms with Gasteiger partial charge in [0.05, 0.1) is 16.7 Å². The summed E-state index contributed by atoms with van der Waals surface area (Å²) in [6.45, 7) is 6.05. The molecule has 1 aromatic heterocycles. The van der Waals surface area contributed by atoms with Crippen LogP contribution in [0.3, 0.4) is 0 Å². The van der Waals surface area contributed by atoms with Gasteiger partial charge in [-0.25, -0.2) is 13.8 Å². The molecule has 30 heavy (non-hydrogen) atoms. The largest absolute Gasteiger partial charge is 0.508 e. The zero-order valence-electron chi connectivity index (χ0n) is 16.3. The van der Waals surface area contributed by atoms with Crippen LogP contribution in [0.2, 0.25) is 0 Å². The summed E-state index contributed by atoms with van der Waals surface area (Å²) in [5.74, 6) is 1.27. The fraction of sp³-hybridized carbons (Fsp3) is 0.208. The zero-order chi connectivity index (χ0) is 21.2. The highest BCUT2D eigenvalue weighted by Gasteiger charge is 2.46. The lowest BCUT2D eigenvalue weighted by atomic mass is 9.94. The van der Waals surface area contributed by atoms with E-state index in [0.717, 1.165) is 12.8 Å². The topological polar surface area (TPSA) is 54.4 Å². The first-order valence-electron chi connectivity index (χ1n) is 9.56. The van der Waals surface area contributed by atoms with Gasteiger partial charge in [0.15, 0.2) is 5.82 Å². The van der Waals surface area contributed by atoms with Gasteiger partial charge in [0.25, 0.3) is 0 Å². The summed E-state index contributed by atoms with van der Waals surface area (Å²) in [6, 6.07) is 5.50. The van der Waals surface area contributed by atoms with Gasteiger partial charge in [-0.15, -0.1) is 6.42 Å². The van der Waals surface area contributed by atoms with E-state index < -0.39 is 11.6 Å². The molecule has 0 radical (unpaired) electrons. The van der Waals surface area contributed by atoms with Crippen molar-refractivity contribution in [1.82, 2.24) is 10.3 Å². The molecule has 0 amide bonds. The van der Waals surface area contributed by atoms with E-state index in [-0.39, 0.29) is 34.0 Å². The molecule has 5 rings (SSSR count). The van der Waals surface area contributed by atoms with Crippen molar-refractivity contribution in [2.45, 2.75) is 25.3 Å². The van der Waals surface area contributed by atoms with Crippen LogP contribution in [0.15, 0.2) is 30.8 Å². The van der Waals surface area contributed by atoms with E-state index in [0.29, 0.717) is 34.2 Å². The summed E-state index contributed by atoms with van der Waals surface area (Å²) in [5, 5.41) is 14.3. The molecule has 0 bridgehead atoms. The number of phenolic OH excluding ortho intramolecular Hbond substituents is 1. The number of ether oxygens (including phenoxy) is 1. The van der Waals surface area contributed by atoms with Crippen LogP contribution in [-0.4, -0.2) is 22.2 Å². The van der Waals surface area contributed by atoms with Gasteiger partial charge in [-0.3, -0.25) is 0 Å². The Hall–Kier alpha value is -3.59. The summed E-state index contributed by atoms with van der Waals surface area (Å²) in [4.78, 5) is 4.44. The molecule has 2 N–H and O–H groups in total. The first-order chi connectivity index (χ1) is 14.3. The Morgan fingerprint density at radius 3 is 2.77 bits per heavy atom. The number of terminal acetylenes is 1. The van der Waals surface area contributed by atoms with Gasteiger partial charge in [-0.05, 0) is 43.4 Å². The first kappa shape index (κ1) is 18.4. The molecule has 3 aromatic rings. The van der Waals surface area contributed by atoms with Crippen LogP contribution in [0.25, 0.3) is 27.7 Å². The van der Waals surface area contributed by atoms with Gasteiger partial charge >= 0.3 is 0 Å². The van der Waals surface area contributed by atoms with E-state index in [4.69, 9.17) is 11.2 Å². The number of benzene rings is 2. The van der Waals surface area contributed by atoms with Gasteiger partial charge in [0.1, 0.15) is 23.9 Å². The monoisotopic (exact) mass is 404 g/mol. The van der Waals surface area contributed by atoms with E-state index in [1.807, 2.05) is 0 Å². The van der Waals surface area contributed by atoms with Gasteiger partial charge in [-0.1, -0.05) is 18.6 Å². The quantitative estimate of drug-likeness (QED) is 0.580. The summed E-state index contributed by atoms with van der Waals surface area (Å²) >= 11 is 0. The Bertz CT molecular complexity index is 1300. The van der Waals surface area contributed by atoms with Crippen molar-refractivity contribution < 1.29 is 18.6 Å². The van der Waals surface area contributed by atoms with Crippen LogP contribution in [0.5, 0.6) is 11.6 Å². The van der Waals surface area contributed by atoms with Crippen molar-refractivity contribution in [2.75, 3.05) is 6.61 Å². The maximum atomic E-state index is 15.6. The maximum absolute atomic E-state index is 15.6. The van der Waals surface area contributed by atoms with Crippen molar-refractivity contribution in [2.24, 2.45) is 0 Å². The highest BCUT2D eigenvalue weighted by atomic mass is 19.1. The Kier molecular flexibility index (Phi) is 3.81. The Morgan fingerprint density at radius 2 is 2.07 bits per heavy atom. The number of nitrogens with one attached hydrogen (secondary N) is 1. The number of nitrogens with zero attached hydrogens (tertiary/aromatic N) is 1. The summed E-state index contributed by atoms with van der Waals surface area (Å²) < 4.78 is 35.9. The molecule has 6 heteroatoms. The second kappa shape index (κ2) is 6.20. The van der Waals surface area contributed by atoms with E-state index in [1.165, 1.54) is 24.3 Å². The molecule has 2 aliphatic rings. The van der Waals surface area contributed by atoms with Crippen LogP contribution < -0.4 is 10.1 Å². The van der Waals surface area contributed by atoms with E-state index >= 15 is 4.39 Å². The van der Waals surface area contributed by atoms with E-state index in [1.54, 1.807) is 6.92 Å². The normalized spacial score (nSPS) is 16.4. The third kappa shape index (κ3) is 2.62. The molecule has 0 atom stereocenters. The second-order valence-electron chi connectivity index (χ2n) is 7.91. The van der Waals surface area contributed by atoms with Gasteiger partial charge in [0, 0.05) is 22.2 Å². The molecule has 0 unspecified atom stereocenters. The number of phenols is 1. The fourth-order valence-corrected chi connectivity index (χ4v) is 4.09. The van der Waals surface area contributed by atoms with Crippen molar-refractivity contribution in [1.29, 1.82) is 0 Å². The number of fused-ring (bicyclic) bond motifs is 2. The zero-order valence-corrected chi connectivity index (χ0v) is 16.3. The Labute approximate surface area is 172 Å². The number of hydrogen-bond donors (Lipinski definition) is 2. The molecule has 1 fully saturated rings. The third-order valence-corrected chi connectivity index (χ3v) is 5.85. The van der Waals surface area contributed by atoms with Crippen molar-refractivity contribution in [3.63, 3.8) is 0 Å². The van der Waals surface area contributed by atoms with E-state index in [9.17, 15) is 9.50 Å². The smallest absolute Gasteiger partial charge is 0.223 e. The third-order valence-electron chi connectivity index (χ3n) is 5.85. The van der Waals surface area contributed by atoms with Crippen LogP contribution in [0, 0.1) is 30.9 Å². The fourth-order valence-electron chi connectivity index (χ4n) is 4.09. The molecule has 1 spiro atoms. The number of aromatic nitrogens is 1. The lowest BCUT2D eigenvalue weighted by Crippen LogP contribution is -2.33. The molecule has 2 heterocycles. The summed E-state index contributed by atoms with van der Waals surface area (Å²) in [7, 11) is 0. The summed E-state index contributed by atoms with van der Waals surface area (Å²) in [5.41, 5.74) is 1.29. The molecule has 1 aliphatic heterocycles. The Balaban J connectivity index is 1.81. The van der Waals surface area contributed by atoms with Gasteiger partial charge in [0.2, 0.25) is 5.88 Å².